The highest BCUT2D eigenvalue weighted by atomic mass is 79.9. The van der Waals surface area contributed by atoms with Gasteiger partial charge in [0.1, 0.15) is 0 Å². The highest BCUT2D eigenvalue weighted by Crippen LogP contribution is 2.20. The van der Waals surface area contributed by atoms with Crippen LogP contribution in [0.4, 0.5) is 5.13 Å². The maximum absolute atomic E-state index is 3.97. The SMILES string of the molecule is Cc1ccccc1CNc1nnc(Br)s1. The number of benzene rings is 1. The van der Waals surface area contributed by atoms with E-state index in [0.717, 1.165) is 15.6 Å². The molecule has 0 aliphatic heterocycles. The van der Waals surface area contributed by atoms with Gasteiger partial charge >= 0.3 is 0 Å². The zero-order valence-corrected chi connectivity index (χ0v) is 10.6. The van der Waals surface area contributed by atoms with Crippen LogP contribution in [0.15, 0.2) is 28.2 Å². The van der Waals surface area contributed by atoms with Crippen LogP contribution in [0.1, 0.15) is 11.1 Å². The lowest BCUT2D eigenvalue weighted by molar-refractivity contribution is 1.03. The Bertz CT molecular complexity index is 455. The van der Waals surface area contributed by atoms with E-state index in [0.29, 0.717) is 0 Å². The van der Waals surface area contributed by atoms with Gasteiger partial charge in [0.2, 0.25) is 5.13 Å². The summed E-state index contributed by atoms with van der Waals surface area (Å²) in [5.41, 5.74) is 2.57. The first-order valence-electron chi connectivity index (χ1n) is 4.53. The third-order valence-corrected chi connectivity index (χ3v) is 3.41. The Morgan fingerprint density at radius 3 is 2.80 bits per heavy atom. The Hall–Kier alpha value is -0.940. The summed E-state index contributed by atoms with van der Waals surface area (Å²) in [6.45, 7) is 2.89. The molecule has 0 spiro atoms. The Morgan fingerprint density at radius 2 is 2.13 bits per heavy atom. The molecule has 15 heavy (non-hydrogen) atoms. The normalized spacial score (nSPS) is 10.3. The summed E-state index contributed by atoms with van der Waals surface area (Å²) in [5, 5.41) is 11.9. The molecular formula is C10H10BrN3S. The smallest absolute Gasteiger partial charge is 0.206 e. The van der Waals surface area contributed by atoms with Gasteiger partial charge in [0.15, 0.2) is 3.92 Å². The zero-order chi connectivity index (χ0) is 10.7. The van der Waals surface area contributed by atoms with Crippen molar-refractivity contribution in [1.82, 2.24) is 10.2 Å². The lowest BCUT2D eigenvalue weighted by Crippen LogP contribution is -2.00. The molecule has 5 heteroatoms. The average molecular weight is 284 g/mol. The first kappa shape index (κ1) is 10.6. The van der Waals surface area contributed by atoms with E-state index in [2.05, 4.69) is 50.5 Å². The molecule has 0 aliphatic rings. The minimum Gasteiger partial charge on any atom is -0.356 e. The monoisotopic (exact) mass is 283 g/mol. The molecule has 1 N–H and O–H groups in total. The van der Waals surface area contributed by atoms with E-state index < -0.39 is 0 Å². The van der Waals surface area contributed by atoms with E-state index in [1.165, 1.54) is 22.5 Å². The molecule has 0 radical (unpaired) electrons. The van der Waals surface area contributed by atoms with Crippen LogP contribution in [0.5, 0.6) is 0 Å². The van der Waals surface area contributed by atoms with Crippen molar-refractivity contribution >= 4 is 32.4 Å². The topological polar surface area (TPSA) is 37.8 Å². The number of aromatic nitrogens is 2. The Balaban J connectivity index is 2.02. The van der Waals surface area contributed by atoms with Crippen molar-refractivity contribution in [3.8, 4) is 0 Å². The number of anilines is 1. The van der Waals surface area contributed by atoms with Gasteiger partial charge in [-0.2, -0.15) is 0 Å². The molecule has 0 amide bonds. The molecule has 1 aromatic carbocycles. The van der Waals surface area contributed by atoms with Crippen molar-refractivity contribution in [2.45, 2.75) is 13.5 Å². The molecule has 0 aliphatic carbocycles. The lowest BCUT2D eigenvalue weighted by atomic mass is 10.1. The number of hydrogen-bond acceptors (Lipinski definition) is 4. The summed E-state index contributed by atoms with van der Waals surface area (Å²) in [4.78, 5) is 0. The number of nitrogens with zero attached hydrogens (tertiary/aromatic N) is 2. The second-order valence-corrected chi connectivity index (χ2v) is 5.39. The van der Waals surface area contributed by atoms with Gasteiger partial charge in [-0.3, -0.25) is 0 Å². The van der Waals surface area contributed by atoms with Crippen LogP contribution >= 0.6 is 27.3 Å². The van der Waals surface area contributed by atoms with Gasteiger partial charge in [-0.05, 0) is 34.0 Å². The van der Waals surface area contributed by atoms with Crippen LogP contribution in [0.25, 0.3) is 0 Å². The predicted octanol–water partition coefficient (Wildman–Crippen LogP) is 3.22. The van der Waals surface area contributed by atoms with Gasteiger partial charge in [-0.15, -0.1) is 10.2 Å². The van der Waals surface area contributed by atoms with Crippen molar-refractivity contribution in [2.24, 2.45) is 0 Å². The van der Waals surface area contributed by atoms with Crippen LogP contribution in [0.3, 0.4) is 0 Å². The van der Waals surface area contributed by atoms with E-state index in [-0.39, 0.29) is 0 Å². The van der Waals surface area contributed by atoms with Crippen molar-refractivity contribution < 1.29 is 0 Å². The first-order chi connectivity index (χ1) is 7.25. The van der Waals surface area contributed by atoms with Crippen LogP contribution in [0, 0.1) is 6.92 Å². The van der Waals surface area contributed by atoms with Crippen molar-refractivity contribution in [2.75, 3.05) is 5.32 Å². The third-order valence-electron chi connectivity index (χ3n) is 2.09. The summed E-state index contributed by atoms with van der Waals surface area (Å²) in [6, 6.07) is 8.30. The summed E-state index contributed by atoms with van der Waals surface area (Å²) >= 11 is 4.77. The summed E-state index contributed by atoms with van der Waals surface area (Å²) in [5.74, 6) is 0. The van der Waals surface area contributed by atoms with Crippen LogP contribution in [0.2, 0.25) is 0 Å². The summed E-state index contributed by atoms with van der Waals surface area (Å²) < 4.78 is 0.801. The maximum atomic E-state index is 3.97. The van der Waals surface area contributed by atoms with E-state index in [9.17, 15) is 0 Å². The molecule has 0 bridgehead atoms. The largest absolute Gasteiger partial charge is 0.356 e. The lowest BCUT2D eigenvalue weighted by Gasteiger charge is -2.05. The number of aryl methyl sites for hydroxylation is 1. The van der Waals surface area contributed by atoms with Crippen LogP contribution in [-0.4, -0.2) is 10.2 Å². The molecule has 0 saturated carbocycles. The second kappa shape index (κ2) is 4.72. The molecule has 1 heterocycles. The minimum absolute atomic E-state index is 0.786. The Labute approximate surface area is 101 Å². The Kier molecular flexibility index (Phi) is 3.33. The fraction of sp³-hybridized carbons (Fsp3) is 0.200. The molecule has 1 aromatic heterocycles. The van der Waals surface area contributed by atoms with Gasteiger partial charge in [0.05, 0.1) is 0 Å². The molecule has 3 nitrogen and oxygen atoms in total. The maximum Gasteiger partial charge on any atom is 0.206 e. The van der Waals surface area contributed by atoms with Crippen LogP contribution < -0.4 is 5.32 Å². The van der Waals surface area contributed by atoms with Crippen molar-refractivity contribution in [1.29, 1.82) is 0 Å². The van der Waals surface area contributed by atoms with Gasteiger partial charge in [-0.25, -0.2) is 0 Å². The minimum atomic E-state index is 0.786. The van der Waals surface area contributed by atoms with E-state index in [1.807, 2.05) is 12.1 Å². The number of nitrogens with one attached hydrogen (secondary N) is 1. The zero-order valence-electron chi connectivity index (χ0n) is 8.20. The van der Waals surface area contributed by atoms with E-state index >= 15 is 0 Å². The van der Waals surface area contributed by atoms with Gasteiger partial charge in [0.25, 0.3) is 0 Å². The standard InChI is InChI=1S/C10H10BrN3S/c1-7-4-2-3-5-8(7)6-12-10-14-13-9(11)15-10/h2-5H,6H2,1H3,(H,12,14). The number of halogens is 1. The van der Waals surface area contributed by atoms with E-state index in [1.54, 1.807) is 0 Å². The first-order valence-corrected chi connectivity index (χ1v) is 6.14. The average Bonchev–Trinajstić information content (AvgIpc) is 2.63. The molecule has 0 atom stereocenters. The van der Waals surface area contributed by atoms with Crippen molar-refractivity contribution in [3.05, 3.63) is 39.3 Å². The number of rotatable bonds is 3. The molecule has 0 unspecified atom stereocenters. The molecule has 2 aromatic rings. The van der Waals surface area contributed by atoms with E-state index in [4.69, 9.17) is 0 Å². The number of hydrogen-bond donors (Lipinski definition) is 1. The molecule has 2 rings (SSSR count). The molecule has 78 valence electrons. The highest BCUT2D eigenvalue weighted by molar-refractivity contribution is 9.11. The van der Waals surface area contributed by atoms with Gasteiger partial charge < -0.3 is 5.32 Å². The fourth-order valence-corrected chi connectivity index (χ4v) is 2.26. The van der Waals surface area contributed by atoms with Crippen LogP contribution in [-0.2, 0) is 6.54 Å². The Morgan fingerprint density at radius 1 is 1.33 bits per heavy atom. The molecule has 0 fully saturated rings. The molecular weight excluding hydrogens is 274 g/mol. The van der Waals surface area contributed by atoms with Gasteiger partial charge in [-0.1, -0.05) is 35.6 Å². The molecule has 0 saturated heterocycles. The summed E-state index contributed by atoms with van der Waals surface area (Å²) in [6.07, 6.45) is 0. The summed E-state index contributed by atoms with van der Waals surface area (Å²) in [7, 11) is 0. The third kappa shape index (κ3) is 2.76. The second-order valence-electron chi connectivity index (χ2n) is 3.14. The van der Waals surface area contributed by atoms with Gasteiger partial charge in [0, 0.05) is 6.54 Å². The quantitative estimate of drug-likeness (QED) is 0.940. The highest BCUT2D eigenvalue weighted by Gasteiger charge is 2.01. The predicted molar refractivity (Wildman–Crippen MR) is 66.1 cm³/mol. The van der Waals surface area contributed by atoms with Crippen molar-refractivity contribution in [3.63, 3.8) is 0 Å². The fourth-order valence-electron chi connectivity index (χ4n) is 1.26.